The van der Waals surface area contributed by atoms with Gasteiger partial charge in [-0.1, -0.05) is 29.8 Å². The molecular formula is C18H18ClN3O. The summed E-state index contributed by atoms with van der Waals surface area (Å²) >= 11 is 6.26. The fourth-order valence-corrected chi connectivity index (χ4v) is 3.06. The molecule has 0 bridgehead atoms. The molecule has 1 amide bonds. The third-order valence-corrected chi connectivity index (χ3v) is 4.11. The predicted octanol–water partition coefficient (Wildman–Crippen LogP) is 4.45. The van der Waals surface area contributed by atoms with Gasteiger partial charge >= 0.3 is 0 Å². The van der Waals surface area contributed by atoms with Crippen LogP contribution in [0.2, 0.25) is 5.02 Å². The Bertz CT molecular complexity index is 883. The van der Waals surface area contributed by atoms with Crippen LogP contribution >= 0.6 is 11.6 Å². The Hall–Kier alpha value is -2.46. The summed E-state index contributed by atoms with van der Waals surface area (Å²) in [5, 5.41) is 4.44. The standard InChI is InChI=1S/C18H18ClN3O/c1-11-17(13-6-4-5-7-15(13)20-11)18(23)21-12-8-9-16(22(2)3)14(19)10-12/h4-10,20H,1-3H3,(H,21,23). The number of hydrogen-bond acceptors (Lipinski definition) is 2. The van der Waals surface area contributed by atoms with Crippen molar-refractivity contribution in [1.29, 1.82) is 0 Å². The molecule has 3 rings (SSSR count). The van der Waals surface area contributed by atoms with Crippen molar-refractivity contribution in [2.24, 2.45) is 0 Å². The van der Waals surface area contributed by atoms with Gasteiger partial charge in [0, 0.05) is 36.4 Å². The molecule has 4 nitrogen and oxygen atoms in total. The number of amides is 1. The van der Waals surface area contributed by atoms with Crippen LogP contribution in [0.5, 0.6) is 0 Å². The van der Waals surface area contributed by atoms with Crippen molar-refractivity contribution in [2.45, 2.75) is 6.92 Å². The average molecular weight is 328 g/mol. The number of para-hydroxylation sites is 1. The van der Waals surface area contributed by atoms with E-state index in [9.17, 15) is 4.79 Å². The monoisotopic (exact) mass is 327 g/mol. The molecule has 0 unspecified atom stereocenters. The van der Waals surface area contributed by atoms with Crippen LogP contribution in [0.4, 0.5) is 11.4 Å². The molecule has 118 valence electrons. The number of carbonyl (C=O) groups is 1. The second kappa shape index (κ2) is 5.97. The molecule has 1 heterocycles. The number of rotatable bonds is 3. The molecule has 2 N–H and O–H groups in total. The lowest BCUT2D eigenvalue weighted by atomic mass is 10.1. The minimum Gasteiger partial charge on any atom is -0.376 e. The molecule has 0 aliphatic rings. The van der Waals surface area contributed by atoms with Crippen molar-refractivity contribution in [2.75, 3.05) is 24.3 Å². The smallest absolute Gasteiger partial charge is 0.258 e. The van der Waals surface area contributed by atoms with Gasteiger partial charge in [0.2, 0.25) is 0 Å². The van der Waals surface area contributed by atoms with Crippen LogP contribution in [-0.4, -0.2) is 25.0 Å². The lowest BCUT2D eigenvalue weighted by Crippen LogP contribution is -2.13. The number of H-pyrrole nitrogens is 1. The van der Waals surface area contributed by atoms with Crippen molar-refractivity contribution in [1.82, 2.24) is 4.98 Å². The Balaban J connectivity index is 1.92. The lowest BCUT2D eigenvalue weighted by molar-refractivity contribution is 0.102. The zero-order chi connectivity index (χ0) is 16.6. The summed E-state index contributed by atoms with van der Waals surface area (Å²) in [4.78, 5) is 17.8. The van der Waals surface area contributed by atoms with E-state index in [1.54, 1.807) is 6.07 Å². The number of nitrogens with one attached hydrogen (secondary N) is 2. The average Bonchev–Trinajstić information content (AvgIpc) is 2.82. The highest BCUT2D eigenvalue weighted by molar-refractivity contribution is 6.33. The summed E-state index contributed by atoms with van der Waals surface area (Å²) in [6.07, 6.45) is 0. The Morgan fingerprint density at radius 3 is 2.61 bits per heavy atom. The second-order valence-corrected chi connectivity index (χ2v) is 6.09. The highest BCUT2D eigenvalue weighted by Crippen LogP contribution is 2.28. The van der Waals surface area contributed by atoms with Gasteiger partial charge in [0.1, 0.15) is 0 Å². The third-order valence-electron chi connectivity index (χ3n) is 3.81. The van der Waals surface area contributed by atoms with E-state index in [0.717, 1.165) is 22.3 Å². The summed E-state index contributed by atoms with van der Waals surface area (Å²) < 4.78 is 0. The van der Waals surface area contributed by atoms with E-state index in [2.05, 4.69) is 10.3 Å². The van der Waals surface area contributed by atoms with Gasteiger partial charge in [-0.3, -0.25) is 4.79 Å². The normalized spacial score (nSPS) is 10.8. The van der Waals surface area contributed by atoms with Gasteiger partial charge in [0.05, 0.1) is 16.3 Å². The van der Waals surface area contributed by atoms with Gasteiger partial charge in [0.25, 0.3) is 5.91 Å². The first kappa shape index (κ1) is 15.4. The van der Waals surface area contributed by atoms with E-state index in [1.807, 2.05) is 62.3 Å². The van der Waals surface area contributed by atoms with Crippen LogP contribution in [0.1, 0.15) is 16.1 Å². The van der Waals surface area contributed by atoms with E-state index in [4.69, 9.17) is 11.6 Å². The van der Waals surface area contributed by atoms with Crippen LogP contribution in [0.15, 0.2) is 42.5 Å². The molecule has 0 saturated carbocycles. The third kappa shape index (κ3) is 2.90. The molecule has 1 aromatic heterocycles. The molecular weight excluding hydrogens is 310 g/mol. The van der Waals surface area contributed by atoms with Crippen LogP contribution < -0.4 is 10.2 Å². The zero-order valence-corrected chi connectivity index (χ0v) is 14.0. The number of nitrogens with zero attached hydrogens (tertiary/aromatic N) is 1. The molecule has 0 spiro atoms. The number of benzene rings is 2. The van der Waals surface area contributed by atoms with E-state index < -0.39 is 0 Å². The highest BCUT2D eigenvalue weighted by atomic mass is 35.5. The maximum absolute atomic E-state index is 12.7. The minimum atomic E-state index is -0.145. The molecule has 0 aliphatic heterocycles. The Kier molecular flexibility index (Phi) is 4.01. The van der Waals surface area contributed by atoms with Gasteiger partial charge in [0.15, 0.2) is 0 Å². The first-order chi connectivity index (χ1) is 11.0. The van der Waals surface area contributed by atoms with E-state index >= 15 is 0 Å². The number of aryl methyl sites for hydroxylation is 1. The van der Waals surface area contributed by atoms with Crippen LogP contribution in [-0.2, 0) is 0 Å². The van der Waals surface area contributed by atoms with Crippen LogP contribution in [0.3, 0.4) is 0 Å². The van der Waals surface area contributed by atoms with Crippen molar-refractivity contribution in [3.63, 3.8) is 0 Å². The number of aromatic nitrogens is 1. The Morgan fingerprint density at radius 2 is 1.91 bits per heavy atom. The number of hydrogen-bond donors (Lipinski definition) is 2. The summed E-state index contributed by atoms with van der Waals surface area (Å²) in [6.45, 7) is 1.90. The Labute approximate surface area is 140 Å². The summed E-state index contributed by atoms with van der Waals surface area (Å²) in [7, 11) is 3.85. The summed E-state index contributed by atoms with van der Waals surface area (Å²) in [5.41, 5.74) is 4.05. The molecule has 0 fully saturated rings. The number of anilines is 2. The topological polar surface area (TPSA) is 48.1 Å². The highest BCUT2D eigenvalue weighted by Gasteiger charge is 2.16. The molecule has 0 atom stereocenters. The van der Waals surface area contributed by atoms with Crippen LogP contribution in [0, 0.1) is 6.92 Å². The van der Waals surface area contributed by atoms with Gasteiger partial charge < -0.3 is 15.2 Å². The molecule has 3 aromatic rings. The fraction of sp³-hybridized carbons (Fsp3) is 0.167. The van der Waals surface area contributed by atoms with Crippen molar-refractivity contribution >= 4 is 39.8 Å². The fourth-order valence-electron chi connectivity index (χ4n) is 2.71. The first-order valence-corrected chi connectivity index (χ1v) is 7.70. The van der Waals surface area contributed by atoms with E-state index in [0.29, 0.717) is 16.3 Å². The molecule has 0 radical (unpaired) electrons. The molecule has 5 heteroatoms. The predicted molar refractivity (Wildman–Crippen MR) is 96.8 cm³/mol. The van der Waals surface area contributed by atoms with Crippen molar-refractivity contribution in [3.05, 3.63) is 58.7 Å². The Morgan fingerprint density at radius 1 is 1.17 bits per heavy atom. The molecule has 23 heavy (non-hydrogen) atoms. The van der Waals surface area contributed by atoms with Gasteiger partial charge in [-0.15, -0.1) is 0 Å². The molecule has 2 aromatic carbocycles. The first-order valence-electron chi connectivity index (χ1n) is 7.33. The number of halogens is 1. The van der Waals surface area contributed by atoms with Crippen molar-refractivity contribution < 1.29 is 4.79 Å². The number of carbonyl (C=O) groups excluding carboxylic acids is 1. The van der Waals surface area contributed by atoms with Gasteiger partial charge in [-0.05, 0) is 31.2 Å². The lowest BCUT2D eigenvalue weighted by Gasteiger charge is -2.15. The maximum Gasteiger partial charge on any atom is 0.258 e. The maximum atomic E-state index is 12.7. The van der Waals surface area contributed by atoms with E-state index in [1.165, 1.54) is 0 Å². The molecule has 0 saturated heterocycles. The summed E-state index contributed by atoms with van der Waals surface area (Å²) in [6, 6.07) is 13.3. The second-order valence-electron chi connectivity index (χ2n) is 5.69. The zero-order valence-electron chi connectivity index (χ0n) is 13.3. The van der Waals surface area contributed by atoms with E-state index in [-0.39, 0.29) is 5.91 Å². The minimum absolute atomic E-state index is 0.145. The summed E-state index contributed by atoms with van der Waals surface area (Å²) in [5.74, 6) is -0.145. The van der Waals surface area contributed by atoms with Gasteiger partial charge in [-0.2, -0.15) is 0 Å². The quantitative estimate of drug-likeness (QED) is 0.746. The van der Waals surface area contributed by atoms with Crippen LogP contribution in [0.25, 0.3) is 10.9 Å². The SMILES string of the molecule is Cc1[nH]c2ccccc2c1C(=O)Nc1ccc(N(C)C)c(Cl)c1. The number of aromatic amines is 1. The largest absolute Gasteiger partial charge is 0.376 e. The molecule has 0 aliphatic carbocycles. The van der Waals surface area contributed by atoms with Crippen molar-refractivity contribution in [3.8, 4) is 0 Å². The number of fused-ring (bicyclic) bond motifs is 1. The van der Waals surface area contributed by atoms with Gasteiger partial charge in [-0.25, -0.2) is 0 Å².